The molecule has 1 aliphatic rings. The topological polar surface area (TPSA) is 46.5 Å². The molecule has 0 aliphatic heterocycles. The average Bonchev–Trinajstić information content (AvgIpc) is 2.01. The van der Waals surface area contributed by atoms with Crippen molar-refractivity contribution in [2.24, 2.45) is 11.8 Å². The van der Waals surface area contributed by atoms with Gasteiger partial charge in [-0.25, -0.2) is 4.79 Å². The molecule has 2 unspecified atom stereocenters. The van der Waals surface area contributed by atoms with Crippen LogP contribution >= 0.6 is 0 Å². The van der Waals surface area contributed by atoms with Gasteiger partial charge in [0, 0.05) is 0 Å². The van der Waals surface area contributed by atoms with Crippen molar-refractivity contribution in [1.82, 2.24) is 0 Å². The number of hydrogen-bond acceptors (Lipinski definition) is 3. The number of hydrogen-bond donors (Lipinski definition) is 1. The van der Waals surface area contributed by atoms with Crippen LogP contribution in [0, 0.1) is 11.8 Å². The van der Waals surface area contributed by atoms with Crippen molar-refractivity contribution < 1.29 is 14.6 Å². The zero-order valence-corrected chi connectivity index (χ0v) is 9.25. The monoisotopic (exact) mass is 200 g/mol. The quantitative estimate of drug-likeness (QED) is 0.691. The van der Waals surface area contributed by atoms with E-state index in [0.717, 1.165) is 6.42 Å². The molecule has 0 bridgehead atoms. The molecule has 3 nitrogen and oxygen atoms in total. The Hall–Kier alpha value is -0.570. The van der Waals surface area contributed by atoms with Gasteiger partial charge in [-0.2, -0.15) is 0 Å². The fourth-order valence-corrected chi connectivity index (χ4v) is 2.52. The van der Waals surface area contributed by atoms with E-state index in [0.29, 0.717) is 31.3 Å². The standard InChI is InChI=1S/C11H20O3/c1-4-14-10(12)11(13)6-8(2)5-9(3)7-11/h8-9,13H,4-7H2,1-3H3. The highest BCUT2D eigenvalue weighted by molar-refractivity contribution is 5.79. The average molecular weight is 200 g/mol. The van der Waals surface area contributed by atoms with E-state index < -0.39 is 11.6 Å². The molecule has 0 aromatic heterocycles. The molecule has 1 N–H and O–H groups in total. The maximum Gasteiger partial charge on any atom is 0.338 e. The molecule has 0 saturated heterocycles. The lowest BCUT2D eigenvalue weighted by molar-refractivity contribution is -0.172. The second-order valence-corrected chi connectivity index (χ2v) is 4.61. The Morgan fingerprint density at radius 3 is 2.36 bits per heavy atom. The molecule has 2 atom stereocenters. The van der Waals surface area contributed by atoms with E-state index >= 15 is 0 Å². The van der Waals surface area contributed by atoms with Crippen molar-refractivity contribution in [3.63, 3.8) is 0 Å². The molecule has 0 aromatic rings. The van der Waals surface area contributed by atoms with Gasteiger partial charge in [0.1, 0.15) is 0 Å². The number of rotatable bonds is 2. The summed E-state index contributed by atoms with van der Waals surface area (Å²) in [6.45, 7) is 6.24. The third-order valence-corrected chi connectivity index (χ3v) is 2.83. The third kappa shape index (κ3) is 2.47. The van der Waals surface area contributed by atoms with Gasteiger partial charge in [-0.15, -0.1) is 0 Å². The smallest absolute Gasteiger partial charge is 0.338 e. The Bertz CT molecular complexity index is 203. The highest BCUT2D eigenvalue weighted by Crippen LogP contribution is 2.36. The van der Waals surface area contributed by atoms with Crippen LogP contribution in [-0.4, -0.2) is 23.3 Å². The molecule has 82 valence electrons. The maximum absolute atomic E-state index is 11.5. The summed E-state index contributed by atoms with van der Waals surface area (Å²) in [7, 11) is 0. The van der Waals surface area contributed by atoms with Crippen molar-refractivity contribution in [2.75, 3.05) is 6.61 Å². The Kier molecular flexibility index (Phi) is 3.53. The van der Waals surface area contributed by atoms with E-state index in [4.69, 9.17) is 4.74 Å². The Labute approximate surface area is 85.5 Å². The minimum Gasteiger partial charge on any atom is -0.464 e. The van der Waals surface area contributed by atoms with Crippen LogP contribution in [0.15, 0.2) is 0 Å². The van der Waals surface area contributed by atoms with Crippen molar-refractivity contribution in [3.05, 3.63) is 0 Å². The van der Waals surface area contributed by atoms with Gasteiger partial charge >= 0.3 is 5.97 Å². The maximum atomic E-state index is 11.5. The minimum atomic E-state index is -1.23. The molecular formula is C11H20O3. The summed E-state index contributed by atoms with van der Waals surface area (Å²) in [5.41, 5.74) is -1.23. The molecular weight excluding hydrogens is 180 g/mol. The van der Waals surface area contributed by atoms with E-state index in [-0.39, 0.29) is 0 Å². The third-order valence-electron chi connectivity index (χ3n) is 2.83. The van der Waals surface area contributed by atoms with Crippen LogP contribution < -0.4 is 0 Å². The summed E-state index contributed by atoms with van der Waals surface area (Å²) in [5.74, 6) is 0.347. The molecule has 1 aliphatic carbocycles. The van der Waals surface area contributed by atoms with Gasteiger partial charge in [-0.3, -0.25) is 0 Å². The first-order valence-electron chi connectivity index (χ1n) is 5.37. The second-order valence-electron chi connectivity index (χ2n) is 4.61. The van der Waals surface area contributed by atoms with E-state index in [1.165, 1.54) is 0 Å². The zero-order valence-electron chi connectivity index (χ0n) is 9.25. The van der Waals surface area contributed by atoms with E-state index in [9.17, 15) is 9.90 Å². The summed E-state index contributed by atoms with van der Waals surface area (Å²) < 4.78 is 4.89. The normalized spacial score (nSPS) is 38.0. The zero-order chi connectivity index (χ0) is 10.8. The number of esters is 1. The number of carbonyl (C=O) groups is 1. The molecule has 0 heterocycles. The molecule has 3 heteroatoms. The second kappa shape index (κ2) is 4.30. The number of carbonyl (C=O) groups excluding carboxylic acids is 1. The molecule has 1 saturated carbocycles. The van der Waals surface area contributed by atoms with Gasteiger partial charge in [-0.05, 0) is 38.0 Å². The molecule has 1 fully saturated rings. The first kappa shape index (κ1) is 11.5. The predicted octanol–water partition coefficient (Wildman–Crippen LogP) is 1.74. The van der Waals surface area contributed by atoms with Crippen molar-refractivity contribution in [3.8, 4) is 0 Å². The lowest BCUT2D eigenvalue weighted by atomic mass is 9.74. The fourth-order valence-electron chi connectivity index (χ4n) is 2.52. The lowest BCUT2D eigenvalue weighted by Crippen LogP contribution is -2.46. The largest absolute Gasteiger partial charge is 0.464 e. The first-order valence-corrected chi connectivity index (χ1v) is 5.37. The molecule has 0 amide bonds. The van der Waals surface area contributed by atoms with Crippen LogP contribution in [0.3, 0.4) is 0 Å². The van der Waals surface area contributed by atoms with E-state index in [1.807, 2.05) is 0 Å². The summed E-state index contributed by atoms with van der Waals surface area (Å²) in [6.07, 6.45) is 2.16. The van der Waals surface area contributed by atoms with Crippen LogP contribution in [0.25, 0.3) is 0 Å². The number of aliphatic hydroxyl groups is 1. The Morgan fingerprint density at radius 1 is 1.43 bits per heavy atom. The minimum absolute atomic E-state index is 0.337. The first-order chi connectivity index (χ1) is 6.48. The molecule has 0 spiro atoms. The highest BCUT2D eigenvalue weighted by atomic mass is 16.5. The Morgan fingerprint density at radius 2 is 1.93 bits per heavy atom. The van der Waals surface area contributed by atoms with Crippen molar-refractivity contribution in [2.45, 2.75) is 45.6 Å². The van der Waals surface area contributed by atoms with Gasteiger partial charge in [-0.1, -0.05) is 13.8 Å². The van der Waals surface area contributed by atoms with Crippen molar-refractivity contribution in [1.29, 1.82) is 0 Å². The van der Waals surface area contributed by atoms with E-state index in [1.54, 1.807) is 6.92 Å². The lowest BCUT2D eigenvalue weighted by Gasteiger charge is -2.36. The van der Waals surface area contributed by atoms with Crippen molar-refractivity contribution >= 4 is 5.97 Å². The van der Waals surface area contributed by atoms with Gasteiger partial charge in [0.2, 0.25) is 0 Å². The van der Waals surface area contributed by atoms with Crippen LogP contribution in [-0.2, 0) is 9.53 Å². The summed E-state index contributed by atoms with van der Waals surface area (Å²) in [5, 5.41) is 10.1. The van der Waals surface area contributed by atoms with E-state index in [2.05, 4.69) is 13.8 Å². The predicted molar refractivity (Wildman–Crippen MR) is 53.8 cm³/mol. The summed E-state index contributed by atoms with van der Waals surface area (Å²) >= 11 is 0. The van der Waals surface area contributed by atoms with Gasteiger partial charge < -0.3 is 9.84 Å². The molecule has 0 radical (unpaired) electrons. The van der Waals surface area contributed by atoms with Gasteiger partial charge in [0.25, 0.3) is 0 Å². The van der Waals surface area contributed by atoms with Crippen LogP contribution in [0.2, 0.25) is 0 Å². The van der Waals surface area contributed by atoms with Gasteiger partial charge in [0.05, 0.1) is 6.61 Å². The molecule has 1 rings (SSSR count). The molecule has 14 heavy (non-hydrogen) atoms. The fraction of sp³-hybridized carbons (Fsp3) is 0.909. The highest BCUT2D eigenvalue weighted by Gasteiger charge is 2.43. The molecule has 0 aromatic carbocycles. The number of ether oxygens (including phenoxy) is 1. The van der Waals surface area contributed by atoms with Crippen LogP contribution in [0.5, 0.6) is 0 Å². The van der Waals surface area contributed by atoms with Crippen LogP contribution in [0.4, 0.5) is 0 Å². The SMILES string of the molecule is CCOC(=O)C1(O)CC(C)CC(C)C1. The van der Waals surface area contributed by atoms with Gasteiger partial charge in [0.15, 0.2) is 5.60 Å². The summed E-state index contributed by atoms with van der Waals surface area (Å²) in [4.78, 5) is 11.5. The summed E-state index contributed by atoms with van der Waals surface area (Å²) in [6, 6.07) is 0. The van der Waals surface area contributed by atoms with Crippen LogP contribution in [0.1, 0.15) is 40.0 Å². The Balaban J connectivity index is 2.67.